The van der Waals surface area contributed by atoms with Gasteiger partial charge in [0.1, 0.15) is 5.75 Å². The van der Waals surface area contributed by atoms with Gasteiger partial charge < -0.3 is 5.11 Å². The molecule has 127 valence electrons. The van der Waals surface area contributed by atoms with E-state index in [0.29, 0.717) is 5.75 Å². The molecule has 0 aromatic heterocycles. The molecule has 0 heterocycles. The molecule has 23 heavy (non-hydrogen) atoms. The topological polar surface area (TPSA) is 20.2 Å². The van der Waals surface area contributed by atoms with Crippen molar-refractivity contribution in [2.75, 3.05) is 0 Å². The van der Waals surface area contributed by atoms with Crippen molar-refractivity contribution in [3.8, 4) is 5.75 Å². The minimum atomic E-state index is 0. The summed E-state index contributed by atoms with van der Waals surface area (Å²) in [7, 11) is 0. The molecule has 0 aliphatic rings. The molecule has 1 N–H and O–H groups in total. The van der Waals surface area contributed by atoms with Crippen LogP contribution < -0.4 is 0 Å². The van der Waals surface area contributed by atoms with E-state index < -0.39 is 0 Å². The van der Waals surface area contributed by atoms with Crippen molar-refractivity contribution in [1.29, 1.82) is 0 Å². The average Bonchev–Trinajstić information content (AvgIpc) is 2.53. The first-order chi connectivity index (χ1) is 10.8. The van der Waals surface area contributed by atoms with Gasteiger partial charge in [-0.25, -0.2) is 0 Å². The SMILES string of the molecule is CCCCCCCCCCCCCCCc1ccccc1O.[Na]. The zero-order valence-corrected chi connectivity index (χ0v) is 17.7. The quantitative estimate of drug-likeness (QED) is 0.300. The smallest absolute Gasteiger partial charge is 0.118 e. The van der Waals surface area contributed by atoms with Gasteiger partial charge in [-0.2, -0.15) is 0 Å². The van der Waals surface area contributed by atoms with Gasteiger partial charge in [0.05, 0.1) is 0 Å². The van der Waals surface area contributed by atoms with Crippen LogP contribution in [-0.4, -0.2) is 34.7 Å². The molecule has 0 aliphatic carbocycles. The third-order valence-electron chi connectivity index (χ3n) is 4.54. The fourth-order valence-electron chi connectivity index (χ4n) is 3.06. The molecule has 1 aromatic rings. The van der Waals surface area contributed by atoms with Crippen molar-refractivity contribution in [1.82, 2.24) is 0 Å². The fraction of sp³-hybridized carbons (Fsp3) is 0.714. The van der Waals surface area contributed by atoms with Gasteiger partial charge in [0.2, 0.25) is 0 Å². The summed E-state index contributed by atoms with van der Waals surface area (Å²) in [6, 6.07) is 7.73. The number of aryl methyl sites for hydroxylation is 1. The Bertz CT molecular complexity index is 365. The van der Waals surface area contributed by atoms with Gasteiger partial charge in [-0.15, -0.1) is 0 Å². The first kappa shape index (κ1) is 23.0. The second-order valence-corrected chi connectivity index (χ2v) is 6.62. The zero-order chi connectivity index (χ0) is 15.9. The standard InChI is InChI=1S/C21H36O.Na/c1-2-3-4-5-6-7-8-9-10-11-12-13-14-17-20-18-15-16-19-21(20)22;/h15-16,18-19,22H,2-14,17H2,1H3;. The number of hydrogen-bond acceptors (Lipinski definition) is 1. The summed E-state index contributed by atoms with van der Waals surface area (Å²) < 4.78 is 0. The van der Waals surface area contributed by atoms with E-state index in [1.807, 2.05) is 18.2 Å². The Morgan fingerprint density at radius 1 is 0.652 bits per heavy atom. The molecule has 0 saturated carbocycles. The van der Waals surface area contributed by atoms with Crippen LogP contribution in [0.5, 0.6) is 5.75 Å². The average molecular weight is 328 g/mol. The number of benzene rings is 1. The Kier molecular flexibility index (Phi) is 16.9. The minimum absolute atomic E-state index is 0. The molecule has 0 aliphatic heterocycles. The molecule has 1 nitrogen and oxygen atoms in total. The van der Waals surface area contributed by atoms with Gasteiger partial charge in [-0.05, 0) is 24.5 Å². The van der Waals surface area contributed by atoms with E-state index in [0.717, 1.165) is 12.0 Å². The predicted molar refractivity (Wildman–Crippen MR) is 103 cm³/mol. The number of rotatable bonds is 14. The molecular formula is C21H36NaO. The molecule has 0 unspecified atom stereocenters. The maximum Gasteiger partial charge on any atom is 0.118 e. The molecular weight excluding hydrogens is 291 g/mol. The monoisotopic (exact) mass is 327 g/mol. The number of phenols is 1. The molecule has 0 amide bonds. The molecule has 1 aromatic carbocycles. The van der Waals surface area contributed by atoms with Gasteiger partial charge in [-0.3, -0.25) is 0 Å². The molecule has 0 fully saturated rings. The molecule has 0 spiro atoms. The van der Waals surface area contributed by atoms with Gasteiger partial charge in [-0.1, -0.05) is 102 Å². The first-order valence-corrected chi connectivity index (χ1v) is 9.61. The number of hydrogen-bond donors (Lipinski definition) is 1. The number of phenolic OH excluding ortho intramolecular Hbond substituents is 1. The van der Waals surface area contributed by atoms with Gasteiger partial charge in [0, 0.05) is 29.6 Å². The van der Waals surface area contributed by atoms with Gasteiger partial charge in [0.15, 0.2) is 0 Å². The Morgan fingerprint density at radius 2 is 1.09 bits per heavy atom. The van der Waals surface area contributed by atoms with Gasteiger partial charge >= 0.3 is 0 Å². The van der Waals surface area contributed by atoms with E-state index in [-0.39, 0.29) is 29.6 Å². The van der Waals surface area contributed by atoms with Gasteiger partial charge in [0.25, 0.3) is 0 Å². The van der Waals surface area contributed by atoms with Crippen LogP contribution in [0.3, 0.4) is 0 Å². The van der Waals surface area contributed by atoms with Crippen molar-refractivity contribution < 1.29 is 5.11 Å². The molecule has 0 atom stereocenters. The summed E-state index contributed by atoms with van der Waals surface area (Å²) in [4.78, 5) is 0. The van der Waals surface area contributed by atoms with Crippen molar-refractivity contribution in [3.05, 3.63) is 29.8 Å². The second-order valence-electron chi connectivity index (χ2n) is 6.62. The normalized spacial score (nSPS) is 10.5. The van der Waals surface area contributed by atoms with Crippen LogP contribution in [0.4, 0.5) is 0 Å². The summed E-state index contributed by atoms with van der Waals surface area (Å²) >= 11 is 0. The zero-order valence-electron chi connectivity index (χ0n) is 15.7. The third-order valence-corrected chi connectivity index (χ3v) is 4.54. The fourth-order valence-corrected chi connectivity index (χ4v) is 3.06. The molecule has 1 rings (SSSR count). The number of unbranched alkanes of at least 4 members (excludes halogenated alkanes) is 12. The van der Waals surface area contributed by atoms with Crippen molar-refractivity contribution in [2.24, 2.45) is 0 Å². The summed E-state index contributed by atoms with van der Waals surface area (Å²) in [6.45, 7) is 2.28. The summed E-state index contributed by atoms with van der Waals surface area (Å²) in [5.74, 6) is 0.460. The van der Waals surface area contributed by atoms with E-state index >= 15 is 0 Å². The van der Waals surface area contributed by atoms with E-state index in [1.54, 1.807) is 6.07 Å². The minimum Gasteiger partial charge on any atom is -0.508 e. The molecule has 0 bridgehead atoms. The van der Waals surface area contributed by atoms with Crippen LogP contribution in [-0.2, 0) is 6.42 Å². The number of aromatic hydroxyl groups is 1. The van der Waals surface area contributed by atoms with E-state index in [4.69, 9.17) is 0 Å². The van der Waals surface area contributed by atoms with E-state index in [2.05, 4.69) is 6.92 Å². The Labute approximate surface area is 166 Å². The summed E-state index contributed by atoms with van der Waals surface area (Å²) in [5, 5.41) is 9.70. The summed E-state index contributed by atoms with van der Waals surface area (Å²) in [6.07, 6.45) is 19.1. The second kappa shape index (κ2) is 16.9. The van der Waals surface area contributed by atoms with Crippen LogP contribution in [0.2, 0.25) is 0 Å². The van der Waals surface area contributed by atoms with Crippen LogP contribution in [0.15, 0.2) is 24.3 Å². The largest absolute Gasteiger partial charge is 0.508 e. The van der Waals surface area contributed by atoms with Crippen LogP contribution in [0, 0.1) is 0 Å². The summed E-state index contributed by atoms with van der Waals surface area (Å²) in [5.41, 5.74) is 1.10. The number of para-hydroxylation sites is 1. The Hall–Kier alpha value is 0.0200. The Balaban J connectivity index is 0.00000484. The van der Waals surface area contributed by atoms with Crippen molar-refractivity contribution in [3.63, 3.8) is 0 Å². The first-order valence-electron chi connectivity index (χ1n) is 9.61. The van der Waals surface area contributed by atoms with E-state index in [9.17, 15) is 5.11 Å². The molecule has 0 saturated heterocycles. The maximum absolute atomic E-state index is 9.70. The van der Waals surface area contributed by atoms with Crippen LogP contribution >= 0.6 is 0 Å². The van der Waals surface area contributed by atoms with Crippen LogP contribution in [0.25, 0.3) is 0 Å². The Morgan fingerprint density at radius 3 is 1.57 bits per heavy atom. The van der Waals surface area contributed by atoms with E-state index in [1.165, 1.54) is 83.5 Å². The van der Waals surface area contributed by atoms with Crippen LogP contribution in [0.1, 0.15) is 96.0 Å². The van der Waals surface area contributed by atoms with Crippen molar-refractivity contribution >= 4 is 29.6 Å². The van der Waals surface area contributed by atoms with Crippen molar-refractivity contribution in [2.45, 2.75) is 96.8 Å². The third kappa shape index (κ3) is 13.0. The molecule has 2 heteroatoms. The molecule has 1 radical (unpaired) electrons. The maximum atomic E-state index is 9.70. The predicted octanol–water partition coefficient (Wildman–Crippen LogP) is 6.65.